The maximum atomic E-state index is 13.0. The minimum Gasteiger partial charge on any atom is -0.431 e. The minimum atomic E-state index is -2.79. The van der Waals surface area contributed by atoms with Gasteiger partial charge in [-0.1, -0.05) is 124 Å². The molecule has 0 aromatic carbocycles. The molecular formula is C36H61N3O9. The Hall–Kier alpha value is -3.25. The summed E-state index contributed by atoms with van der Waals surface area (Å²) in [5.41, 5.74) is 0. The maximum absolute atomic E-state index is 13.0. The largest absolute Gasteiger partial charge is 0.431 e. The van der Waals surface area contributed by atoms with Crippen molar-refractivity contribution >= 4 is 35.4 Å². The lowest BCUT2D eigenvalue weighted by atomic mass is 10.1. The Labute approximate surface area is 287 Å². The van der Waals surface area contributed by atoms with Crippen molar-refractivity contribution in [3.8, 4) is 17.2 Å². The van der Waals surface area contributed by atoms with E-state index in [4.69, 9.17) is 14.2 Å². The van der Waals surface area contributed by atoms with Gasteiger partial charge in [-0.15, -0.1) is 0 Å². The molecule has 1 aromatic rings. The van der Waals surface area contributed by atoms with Crippen LogP contribution in [-0.4, -0.2) is 44.9 Å². The molecule has 2 amide bonds. The van der Waals surface area contributed by atoms with Gasteiger partial charge in [0.15, 0.2) is 11.6 Å². The monoisotopic (exact) mass is 679 g/mol. The quantitative estimate of drug-likeness (QED) is 0.0404. The van der Waals surface area contributed by atoms with Crippen molar-refractivity contribution in [1.29, 1.82) is 0 Å². The molecule has 0 unspecified atom stereocenters. The highest BCUT2D eigenvalue weighted by atomic mass is 16.8. The summed E-state index contributed by atoms with van der Waals surface area (Å²) in [5.74, 6) is -7.57. The Balaban J connectivity index is 3.20. The Kier molecular flexibility index (Phi) is 22.1. The van der Waals surface area contributed by atoms with Crippen LogP contribution in [0.3, 0.4) is 0 Å². The van der Waals surface area contributed by atoms with Gasteiger partial charge >= 0.3 is 17.9 Å². The zero-order valence-electron chi connectivity index (χ0n) is 30.0. The van der Waals surface area contributed by atoms with Crippen LogP contribution in [0.5, 0.6) is 17.2 Å². The van der Waals surface area contributed by atoms with Crippen LogP contribution in [0.25, 0.3) is 0 Å². The van der Waals surface area contributed by atoms with Gasteiger partial charge < -0.3 is 35.1 Å². The van der Waals surface area contributed by atoms with Gasteiger partial charge in [0.2, 0.25) is 29.1 Å². The van der Waals surface area contributed by atoms with Crippen LogP contribution < -0.4 is 24.8 Å². The van der Waals surface area contributed by atoms with E-state index in [1.165, 1.54) is 72.1 Å². The summed E-state index contributed by atoms with van der Waals surface area (Å²) in [6, 6.07) is 0. The molecule has 1 rings (SSSR count). The van der Waals surface area contributed by atoms with Gasteiger partial charge in [0.05, 0.1) is 0 Å². The molecule has 274 valence electrons. The molecule has 0 bridgehead atoms. The number of amides is 2. The normalized spacial score (nSPS) is 11.2. The summed E-state index contributed by atoms with van der Waals surface area (Å²) >= 11 is 0. The fraction of sp³-hybridized carbons (Fsp3) is 0.750. The van der Waals surface area contributed by atoms with E-state index in [1.807, 2.05) is 0 Å². The number of esters is 2. The molecule has 0 atom stereocenters. The molecule has 12 nitrogen and oxygen atoms in total. The van der Waals surface area contributed by atoms with Gasteiger partial charge in [-0.25, -0.2) is 4.98 Å². The molecule has 0 spiro atoms. The number of carbonyl (C=O) groups excluding carboxylic acids is 4. The van der Waals surface area contributed by atoms with Gasteiger partial charge in [0.1, 0.15) is 0 Å². The van der Waals surface area contributed by atoms with Crippen molar-refractivity contribution in [1.82, 2.24) is 4.98 Å². The maximum Gasteiger partial charge on any atom is 0.321 e. The summed E-state index contributed by atoms with van der Waals surface area (Å²) in [5, 5.41) is 25.8. The highest BCUT2D eigenvalue weighted by molar-refractivity contribution is 5.95. The number of carbonyl (C=O) groups is 4. The third-order valence-corrected chi connectivity index (χ3v) is 7.78. The van der Waals surface area contributed by atoms with Crippen LogP contribution in [0.4, 0.5) is 11.6 Å². The predicted molar refractivity (Wildman–Crippen MR) is 186 cm³/mol. The van der Waals surface area contributed by atoms with Crippen LogP contribution in [0.15, 0.2) is 0 Å². The number of rotatable bonds is 27. The lowest BCUT2D eigenvalue weighted by Crippen LogP contribution is -2.35. The van der Waals surface area contributed by atoms with Crippen molar-refractivity contribution in [3.05, 3.63) is 0 Å². The first-order valence-corrected chi connectivity index (χ1v) is 18.1. The molecule has 0 radical (unpaired) electrons. The average molecular weight is 680 g/mol. The lowest BCUT2D eigenvalue weighted by molar-refractivity contribution is -0.293. The topological polar surface area (TPSA) is 173 Å². The molecule has 12 heteroatoms. The molecule has 0 aliphatic carbocycles. The second kappa shape index (κ2) is 24.8. The first-order valence-electron chi connectivity index (χ1n) is 18.1. The van der Waals surface area contributed by atoms with Crippen LogP contribution in [0, 0.1) is 0 Å². The molecule has 48 heavy (non-hydrogen) atoms. The number of pyridine rings is 1. The molecule has 1 heterocycles. The fourth-order valence-electron chi connectivity index (χ4n) is 5.04. The number of ether oxygens (including phenoxy) is 3. The number of anilines is 2. The second-order valence-corrected chi connectivity index (χ2v) is 12.5. The molecule has 1 aromatic heterocycles. The van der Waals surface area contributed by atoms with E-state index >= 15 is 0 Å². The molecule has 0 aliphatic rings. The second-order valence-electron chi connectivity index (χ2n) is 12.5. The van der Waals surface area contributed by atoms with Crippen LogP contribution in [0.2, 0.25) is 0 Å². The highest BCUT2D eigenvalue weighted by Crippen LogP contribution is 2.48. The van der Waals surface area contributed by atoms with E-state index in [1.54, 1.807) is 0 Å². The Bertz CT molecular complexity index is 1050. The van der Waals surface area contributed by atoms with Gasteiger partial charge in [0.25, 0.3) is 0 Å². The number of hydrogen-bond donors (Lipinski definition) is 4. The van der Waals surface area contributed by atoms with E-state index in [9.17, 15) is 29.4 Å². The SMILES string of the molecule is CCCCCCCCCCCC(=O)Oc1c(NC(C)=O)nc(NC(C)=O)c(OC(=O)CCCCCCCCCCC)c1OC(O)(O)CC. The third-order valence-electron chi connectivity index (χ3n) is 7.78. The Morgan fingerprint density at radius 3 is 1.21 bits per heavy atom. The minimum absolute atomic E-state index is 0.0349. The number of aromatic nitrogens is 1. The zero-order valence-corrected chi connectivity index (χ0v) is 30.0. The van der Waals surface area contributed by atoms with E-state index < -0.39 is 47.0 Å². The zero-order chi connectivity index (χ0) is 35.8. The van der Waals surface area contributed by atoms with E-state index in [2.05, 4.69) is 29.5 Å². The van der Waals surface area contributed by atoms with Crippen LogP contribution in [0.1, 0.15) is 169 Å². The number of aliphatic hydroxyl groups is 2. The van der Waals surface area contributed by atoms with Crippen molar-refractivity contribution in [3.63, 3.8) is 0 Å². The number of nitrogens with one attached hydrogen (secondary N) is 2. The molecule has 0 fully saturated rings. The summed E-state index contributed by atoms with van der Waals surface area (Å²) in [6.07, 6.45) is 18.6. The summed E-state index contributed by atoms with van der Waals surface area (Å²) in [7, 11) is 0. The van der Waals surface area contributed by atoms with Crippen molar-refractivity contribution in [2.24, 2.45) is 0 Å². The smallest absolute Gasteiger partial charge is 0.321 e. The number of hydrogen-bond acceptors (Lipinski definition) is 10. The molecular weight excluding hydrogens is 618 g/mol. The predicted octanol–water partition coefficient (Wildman–Crippen LogP) is 8.08. The first-order chi connectivity index (χ1) is 22.9. The van der Waals surface area contributed by atoms with Crippen LogP contribution >= 0.6 is 0 Å². The Morgan fingerprint density at radius 2 is 0.896 bits per heavy atom. The highest BCUT2D eigenvalue weighted by Gasteiger charge is 2.34. The van der Waals surface area contributed by atoms with Crippen molar-refractivity contribution in [2.45, 2.75) is 175 Å². The van der Waals surface area contributed by atoms with E-state index in [0.717, 1.165) is 51.4 Å². The van der Waals surface area contributed by atoms with Gasteiger partial charge in [0, 0.05) is 33.1 Å². The summed E-state index contributed by atoms with van der Waals surface area (Å²) < 4.78 is 16.7. The molecule has 4 N–H and O–H groups in total. The number of unbranched alkanes of at least 4 members (excludes halogenated alkanes) is 16. The van der Waals surface area contributed by atoms with Crippen LogP contribution in [-0.2, 0) is 19.2 Å². The van der Waals surface area contributed by atoms with E-state index in [-0.39, 0.29) is 30.9 Å². The Morgan fingerprint density at radius 1 is 0.562 bits per heavy atom. The lowest BCUT2D eigenvalue weighted by Gasteiger charge is -2.26. The van der Waals surface area contributed by atoms with Gasteiger partial charge in [-0.3, -0.25) is 19.2 Å². The third kappa shape index (κ3) is 18.9. The molecule has 0 saturated carbocycles. The summed E-state index contributed by atoms with van der Waals surface area (Å²) in [4.78, 5) is 54.5. The number of nitrogens with zero attached hydrogens (tertiary/aromatic N) is 1. The van der Waals surface area contributed by atoms with Gasteiger partial charge in [-0.05, 0) is 12.8 Å². The molecule has 0 saturated heterocycles. The van der Waals surface area contributed by atoms with Gasteiger partial charge in [-0.2, -0.15) is 0 Å². The standard InChI is InChI=1S/C36H61N3O9/c1-6-9-11-13-15-17-19-21-23-25-29(42)46-32-31(48-36(44,45)8-3)33(35(38-28(5)41)39-34(32)37-27(4)40)47-30(43)26-24-22-20-18-16-14-12-10-7-2/h44-45H,6-26H2,1-5H3,(H2,37,38,39,40,41). The fourth-order valence-corrected chi connectivity index (χ4v) is 5.04. The van der Waals surface area contributed by atoms with E-state index in [0.29, 0.717) is 12.8 Å². The summed E-state index contributed by atoms with van der Waals surface area (Å²) in [6.45, 7) is 8.18. The average Bonchev–Trinajstić information content (AvgIpc) is 3.02. The molecule has 0 aliphatic heterocycles. The van der Waals surface area contributed by atoms with Crippen molar-refractivity contribution in [2.75, 3.05) is 10.6 Å². The first kappa shape index (κ1) is 42.8. The van der Waals surface area contributed by atoms with Crippen molar-refractivity contribution < 1.29 is 43.6 Å².